The first-order valence-corrected chi connectivity index (χ1v) is 6.93. The zero-order chi connectivity index (χ0) is 15.2. The molecule has 0 saturated carbocycles. The SMILES string of the molecule is CC(C)COc1ccccc1NC(=O)COC(C)(C)C. The number of ether oxygens (including phenoxy) is 2. The van der Waals surface area contributed by atoms with Crippen LogP contribution in [-0.2, 0) is 9.53 Å². The first-order chi connectivity index (χ1) is 9.28. The summed E-state index contributed by atoms with van der Waals surface area (Å²) in [6.07, 6.45) is 0. The van der Waals surface area contributed by atoms with Gasteiger partial charge in [0.1, 0.15) is 12.4 Å². The van der Waals surface area contributed by atoms with Gasteiger partial charge in [-0.25, -0.2) is 0 Å². The van der Waals surface area contributed by atoms with Crippen molar-refractivity contribution in [1.29, 1.82) is 0 Å². The third-order valence-electron chi connectivity index (χ3n) is 2.37. The average Bonchev–Trinajstić information content (AvgIpc) is 2.34. The largest absolute Gasteiger partial charge is 0.491 e. The molecule has 0 heterocycles. The maximum absolute atomic E-state index is 11.9. The summed E-state index contributed by atoms with van der Waals surface area (Å²) in [5.41, 5.74) is 0.348. The number of amides is 1. The number of benzene rings is 1. The van der Waals surface area contributed by atoms with Crippen LogP contribution in [0.1, 0.15) is 34.6 Å². The molecule has 0 radical (unpaired) electrons. The van der Waals surface area contributed by atoms with Crippen molar-refractivity contribution in [1.82, 2.24) is 0 Å². The maximum atomic E-state index is 11.9. The van der Waals surface area contributed by atoms with Gasteiger partial charge in [-0.15, -0.1) is 0 Å². The molecule has 1 rings (SSSR count). The molecule has 4 heteroatoms. The van der Waals surface area contributed by atoms with E-state index in [0.717, 1.165) is 0 Å². The molecular weight excluding hydrogens is 254 g/mol. The molecule has 0 aliphatic rings. The zero-order valence-electron chi connectivity index (χ0n) is 13.0. The average molecular weight is 279 g/mol. The first kappa shape index (κ1) is 16.5. The molecule has 0 aliphatic carbocycles. The van der Waals surface area contributed by atoms with Crippen LogP contribution in [0, 0.1) is 5.92 Å². The van der Waals surface area contributed by atoms with E-state index >= 15 is 0 Å². The van der Waals surface area contributed by atoms with Crippen molar-refractivity contribution in [2.75, 3.05) is 18.5 Å². The Kier molecular flexibility index (Phi) is 6.02. The summed E-state index contributed by atoms with van der Waals surface area (Å²) in [7, 11) is 0. The van der Waals surface area contributed by atoms with Crippen LogP contribution in [0.2, 0.25) is 0 Å². The fraction of sp³-hybridized carbons (Fsp3) is 0.562. The van der Waals surface area contributed by atoms with E-state index in [1.807, 2.05) is 45.0 Å². The number of rotatable bonds is 6. The molecule has 1 amide bonds. The summed E-state index contributed by atoms with van der Waals surface area (Å²) >= 11 is 0. The second kappa shape index (κ2) is 7.29. The maximum Gasteiger partial charge on any atom is 0.250 e. The van der Waals surface area contributed by atoms with Gasteiger partial charge in [0.05, 0.1) is 17.9 Å². The van der Waals surface area contributed by atoms with Gasteiger partial charge in [-0.2, -0.15) is 0 Å². The van der Waals surface area contributed by atoms with Crippen LogP contribution in [0.3, 0.4) is 0 Å². The molecule has 0 bridgehead atoms. The van der Waals surface area contributed by atoms with Crippen molar-refractivity contribution in [3.63, 3.8) is 0 Å². The molecular formula is C16H25NO3. The van der Waals surface area contributed by atoms with Crippen LogP contribution < -0.4 is 10.1 Å². The predicted octanol–water partition coefficient (Wildman–Crippen LogP) is 3.48. The van der Waals surface area contributed by atoms with Gasteiger partial charge in [0.25, 0.3) is 0 Å². The van der Waals surface area contributed by atoms with E-state index < -0.39 is 0 Å². The zero-order valence-corrected chi connectivity index (χ0v) is 13.0. The molecule has 0 aliphatic heterocycles. The van der Waals surface area contributed by atoms with Gasteiger partial charge in [0.2, 0.25) is 5.91 Å². The number of carbonyl (C=O) groups excluding carboxylic acids is 1. The Morgan fingerprint density at radius 2 is 1.90 bits per heavy atom. The Labute approximate surface area is 121 Å². The monoisotopic (exact) mass is 279 g/mol. The molecule has 0 fully saturated rings. The van der Waals surface area contributed by atoms with E-state index in [9.17, 15) is 4.79 Å². The highest BCUT2D eigenvalue weighted by atomic mass is 16.5. The lowest BCUT2D eigenvalue weighted by Gasteiger charge is -2.19. The van der Waals surface area contributed by atoms with Gasteiger partial charge < -0.3 is 14.8 Å². The normalized spacial score (nSPS) is 11.5. The lowest BCUT2D eigenvalue weighted by molar-refractivity contribution is -0.125. The third kappa shape index (κ3) is 6.57. The lowest BCUT2D eigenvalue weighted by Crippen LogP contribution is -2.27. The molecule has 0 saturated heterocycles. The quantitative estimate of drug-likeness (QED) is 0.867. The van der Waals surface area contributed by atoms with Crippen LogP contribution in [0.5, 0.6) is 5.75 Å². The minimum Gasteiger partial charge on any atom is -0.491 e. The number of para-hydroxylation sites is 2. The predicted molar refractivity (Wildman–Crippen MR) is 81.1 cm³/mol. The summed E-state index contributed by atoms with van der Waals surface area (Å²) in [5, 5.41) is 2.82. The summed E-state index contributed by atoms with van der Waals surface area (Å²) in [5.74, 6) is 0.939. The Morgan fingerprint density at radius 1 is 1.25 bits per heavy atom. The molecule has 4 nitrogen and oxygen atoms in total. The summed E-state index contributed by atoms with van der Waals surface area (Å²) in [6, 6.07) is 7.42. The van der Waals surface area contributed by atoms with E-state index in [4.69, 9.17) is 9.47 Å². The van der Waals surface area contributed by atoms with Crippen LogP contribution in [0.25, 0.3) is 0 Å². The molecule has 20 heavy (non-hydrogen) atoms. The summed E-state index contributed by atoms with van der Waals surface area (Å²) < 4.78 is 11.1. The van der Waals surface area contributed by atoms with Crippen molar-refractivity contribution in [3.05, 3.63) is 24.3 Å². The van der Waals surface area contributed by atoms with E-state index in [1.165, 1.54) is 0 Å². The highest BCUT2D eigenvalue weighted by Gasteiger charge is 2.14. The van der Waals surface area contributed by atoms with Crippen molar-refractivity contribution in [2.24, 2.45) is 5.92 Å². The van der Waals surface area contributed by atoms with Gasteiger partial charge >= 0.3 is 0 Å². The number of hydrogen-bond donors (Lipinski definition) is 1. The van der Waals surface area contributed by atoms with Gasteiger partial charge in [-0.1, -0.05) is 26.0 Å². The van der Waals surface area contributed by atoms with E-state index in [-0.39, 0.29) is 18.1 Å². The van der Waals surface area contributed by atoms with Crippen molar-refractivity contribution in [3.8, 4) is 5.75 Å². The molecule has 1 aromatic rings. The second-order valence-corrected chi connectivity index (χ2v) is 6.15. The van der Waals surface area contributed by atoms with Gasteiger partial charge in [-0.3, -0.25) is 4.79 Å². The molecule has 1 N–H and O–H groups in total. The molecule has 0 unspecified atom stereocenters. The van der Waals surface area contributed by atoms with Gasteiger partial charge in [-0.05, 0) is 38.8 Å². The van der Waals surface area contributed by atoms with E-state index in [1.54, 1.807) is 0 Å². The minimum absolute atomic E-state index is 0.0298. The van der Waals surface area contributed by atoms with E-state index in [0.29, 0.717) is 24.0 Å². The van der Waals surface area contributed by atoms with Crippen LogP contribution >= 0.6 is 0 Å². The Balaban J connectivity index is 2.60. The lowest BCUT2D eigenvalue weighted by atomic mass is 10.2. The molecule has 1 aromatic carbocycles. The van der Waals surface area contributed by atoms with Crippen LogP contribution in [0.4, 0.5) is 5.69 Å². The fourth-order valence-electron chi connectivity index (χ4n) is 1.42. The van der Waals surface area contributed by atoms with Gasteiger partial charge in [0.15, 0.2) is 0 Å². The Hall–Kier alpha value is -1.55. The minimum atomic E-state index is -0.328. The molecule has 0 atom stereocenters. The second-order valence-electron chi connectivity index (χ2n) is 6.15. The van der Waals surface area contributed by atoms with Crippen molar-refractivity contribution < 1.29 is 14.3 Å². The Bertz CT molecular complexity index is 436. The number of nitrogens with one attached hydrogen (secondary N) is 1. The van der Waals surface area contributed by atoms with Crippen LogP contribution in [0.15, 0.2) is 24.3 Å². The number of carbonyl (C=O) groups is 1. The molecule has 0 aromatic heterocycles. The number of hydrogen-bond acceptors (Lipinski definition) is 3. The van der Waals surface area contributed by atoms with E-state index in [2.05, 4.69) is 19.2 Å². The van der Waals surface area contributed by atoms with Crippen molar-refractivity contribution in [2.45, 2.75) is 40.2 Å². The highest BCUT2D eigenvalue weighted by Crippen LogP contribution is 2.24. The number of anilines is 1. The highest BCUT2D eigenvalue weighted by molar-refractivity contribution is 5.93. The first-order valence-electron chi connectivity index (χ1n) is 6.93. The van der Waals surface area contributed by atoms with Crippen molar-refractivity contribution >= 4 is 11.6 Å². The molecule has 0 spiro atoms. The molecule has 112 valence electrons. The Morgan fingerprint density at radius 3 is 2.50 bits per heavy atom. The van der Waals surface area contributed by atoms with Crippen LogP contribution in [-0.4, -0.2) is 24.7 Å². The topological polar surface area (TPSA) is 47.6 Å². The van der Waals surface area contributed by atoms with Gasteiger partial charge in [0, 0.05) is 0 Å². The summed E-state index contributed by atoms with van der Waals surface area (Å²) in [6.45, 7) is 10.6. The standard InChI is InChI=1S/C16H25NO3/c1-12(2)10-19-14-9-7-6-8-13(14)17-15(18)11-20-16(3,4)5/h6-9,12H,10-11H2,1-5H3,(H,17,18). The third-order valence-corrected chi connectivity index (χ3v) is 2.37. The summed E-state index contributed by atoms with van der Waals surface area (Å²) in [4.78, 5) is 11.9. The smallest absolute Gasteiger partial charge is 0.250 e. The fourth-order valence-corrected chi connectivity index (χ4v) is 1.42.